The third-order valence-electron chi connectivity index (χ3n) is 2.40. The number of benzene rings is 1. The fourth-order valence-corrected chi connectivity index (χ4v) is 1.41. The number of hydrogen-bond donors (Lipinski definition) is 0. The lowest BCUT2D eigenvalue weighted by molar-refractivity contribution is -0.128. The molecule has 1 aromatic carbocycles. The number of rotatable bonds is 4. The highest BCUT2D eigenvalue weighted by Gasteiger charge is 2.10. The van der Waals surface area contributed by atoms with E-state index in [-0.39, 0.29) is 24.5 Å². The van der Waals surface area contributed by atoms with Crippen LogP contribution in [-0.2, 0) is 4.79 Å². The molecular weight excluding hydrogens is 202 g/mol. The second-order valence-electron chi connectivity index (χ2n) is 4.08. The number of carbonyl (C=O) groups excluding carboxylic acids is 2. The Morgan fingerprint density at radius 2 is 1.88 bits per heavy atom. The van der Waals surface area contributed by atoms with Crippen molar-refractivity contribution in [2.75, 3.05) is 14.1 Å². The van der Waals surface area contributed by atoms with Gasteiger partial charge in [-0.25, -0.2) is 0 Å². The number of aryl methyl sites for hydroxylation is 1. The molecule has 0 aliphatic rings. The number of carbonyl (C=O) groups is 2. The summed E-state index contributed by atoms with van der Waals surface area (Å²) in [7, 11) is 3.39. The SMILES string of the molecule is Cc1cccc(C(=O)CCC(=O)N(C)C)c1. The first-order chi connectivity index (χ1) is 7.50. The molecule has 1 rings (SSSR count). The van der Waals surface area contributed by atoms with Crippen LogP contribution in [0.4, 0.5) is 0 Å². The Morgan fingerprint density at radius 3 is 2.44 bits per heavy atom. The third kappa shape index (κ3) is 3.50. The summed E-state index contributed by atoms with van der Waals surface area (Å²) in [6.07, 6.45) is 0.556. The minimum absolute atomic E-state index is 0.0130. The Bertz CT molecular complexity index is 397. The van der Waals surface area contributed by atoms with Gasteiger partial charge >= 0.3 is 0 Å². The van der Waals surface area contributed by atoms with Crippen molar-refractivity contribution in [3.05, 3.63) is 35.4 Å². The van der Waals surface area contributed by atoms with Gasteiger partial charge in [0.05, 0.1) is 0 Å². The number of Topliss-reactive ketones (excluding diaryl/α,β-unsaturated/α-hetero) is 1. The Hall–Kier alpha value is -1.64. The lowest BCUT2D eigenvalue weighted by Crippen LogP contribution is -2.22. The van der Waals surface area contributed by atoms with Crippen LogP contribution in [0.2, 0.25) is 0 Å². The van der Waals surface area contributed by atoms with E-state index in [0.29, 0.717) is 5.56 Å². The maximum absolute atomic E-state index is 11.8. The zero-order valence-electron chi connectivity index (χ0n) is 9.99. The first kappa shape index (κ1) is 12.4. The molecule has 3 heteroatoms. The minimum Gasteiger partial charge on any atom is -0.349 e. The molecule has 0 spiro atoms. The lowest BCUT2D eigenvalue weighted by atomic mass is 10.0. The zero-order chi connectivity index (χ0) is 12.1. The van der Waals surface area contributed by atoms with Gasteiger partial charge in [0.25, 0.3) is 0 Å². The largest absolute Gasteiger partial charge is 0.349 e. The predicted molar refractivity (Wildman–Crippen MR) is 63.4 cm³/mol. The highest BCUT2D eigenvalue weighted by Crippen LogP contribution is 2.08. The second kappa shape index (κ2) is 5.45. The van der Waals surface area contributed by atoms with E-state index in [2.05, 4.69) is 0 Å². The van der Waals surface area contributed by atoms with E-state index in [1.165, 1.54) is 4.90 Å². The molecule has 0 radical (unpaired) electrons. The molecule has 0 saturated carbocycles. The highest BCUT2D eigenvalue weighted by molar-refractivity contribution is 5.98. The molecule has 0 atom stereocenters. The van der Waals surface area contributed by atoms with Gasteiger partial charge < -0.3 is 4.90 Å². The lowest BCUT2D eigenvalue weighted by Gasteiger charge is -2.09. The van der Waals surface area contributed by atoms with Gasteiger partial charge in [0, 0.05) is 32.5 Å². The van der Waals surface area contributed by atoms with Crippen LogP contribution in [-0.4, -0.2) is 30.7 Å². The maximum Gasteiger partial charge on any atom is 0.222 e. The summed E-state index contributed by atoms with van der Waals surface area (Å²) in [5.41, 5.74) is 1.75. The summed E-state index contributed by atoms with van der Waals surface area (Å²) in [6, 6.07) is 7.44. The van der Waals surface area contributed by atoms with Crippen molar-refractivity contribution < 1.29 is 9.59 Å². The van der Waals surface area contributed by atoms with E-state index in [0.717, 1.165) is 5.56 Å². The van der Waals surface area contributed by atoms with Crippen LogP contribution in [0, 0.1) is 6.92 Å². The van der Waals surface area contributed by atoms with Crippen LogP contribution in [0.5, 0.6) is 0 Å². The van der Waals surface area contributed by atoms with Crippen LogP contribution >= 0.6 is 0 Å². The number of hydrogen-bond acceptors (Lipinski definition) is 2. The number of nitrogens with zero attached hydrogens (tertiary/aromatic N) is 1. The summed E-state index contributed by atoms with van der Waals surface area (Å²) >= 11 is 0. The molecule has 0 aliphatic carbocycles. The molecule has 1 aromatic rings. The van der Waals surface area contributed by atoms with Crippen LogP contribution in [0.25, 0.3) is 0 Å². The van der Waals surface area contributed by atoms with Gasteiger partial charge in [0.15, 0.2) is 5.78 Å². The molecule has 3 nitrogen and oxygen atoms in total. The topological polar surface area (TPSA) is 37.4 Å². The first-order valence-corrected chi connectivity index (χ1v) is 5.30. The highest BCUT2D eigenvalue weighted by atomic mass is 16.2. The van der Waals surface area contributed by atoms with Crippen molar-refractivity contribution in [2.24, 2.45) is 0 Å². The van der Waals surface area contributed by atoms with E-state index in [1.54, 1.807) is 20.2 Å². The molecule has 0 bridgehead atoms. The maximum atomic E-state index is 11.8. The van der Waals surface area contributed by atoms with Gasteiger partial charge in [0.1, 0.15) is 0 Å². The smallest absolute Gasteiger partial charge is 0.222 e. The van der Waals surface area contributed by atoms with Gasteiger partial charge in [-0.2, -0.15) is 0 Å². The molecule has 16 heavy (non-hydrogen) atoms. The summed E-state index contributed by atoms with van der Waals surface area (Å²) in [6.45, 7) is 1.95. The second-order valence-corrected chi connectivity index (χ2v) is 4.08. The number of amides is 1. The summed E-state index contributed by atoms with van der Waals surface area (Å²) in [5.74, 6) is 0.0138. The molecule has 86 valence electrons. The summed E-state index contributed by atoms with van der Waals surface area (Å²) in [4.78, 5) is 24.6. The van der Waals surface area contributed by atoms with Crippen molar-refractivity contribution in [1.82, 2.24) is 4.90 Å². The molecule has 1 amide bonds. The third-order valence-corrected chi connectivity index (χ3v) is 2.40. The van der Waals surface area contributed by atoms with E-state index in [9.17, 15) is 9.59 Å². The molecule has 0 saturated heterocycles. The Morgan fingerprint density at radius 1 is 1.19 bits per heavy atom. The minimum atomic E-state index is -0.0130. The average Bonchev–Trinajstić information content (AvgIpc) is 2.25. The average molecular weight is 219 g/mol. The first-order valence-electron chi connectivity index (χ1n) is 5.30. The molecule has 0 heterocycles. The molecule has 0 fully saturated rings. The standard InChI is InChI=1S/C13H17NO2/c1-10-5-4-6-11(9-10)12(15)7-8-13(16)14(2)3/h4-6,9H,7-8H2,1-3H3. The monoisotopic (exact) mass is 219 g/mol. The summed E-state index contributed by atoms with van der Waals surface area (Å²) in [5, 5.41) is 0. The Labute approximate surface area is 96.1 Å². The molecule has 0 aromatic heterocycles. The van der Waals surface area contributed by atoms with Gasteiger partial charge in [-0.1, -0.05) is 23.8 Å². The van der Waals surface area contributed by atoms with Crippen LogP contribution in [0.3, 0.4) is 0 Å². The van der Waals surface area contributed by atoms with Gasteiger partial charge in [-0.3, -0.25) is 9.59 Å². The molecule has 0 N–H and O–H groups in total. The molecule has 0 aliphatic heterocycles. The zero-order valence-corrected chi connectivity index (χ0v) is 9.99. The normalized spacial score (nSPS) is 9.94. The molecular formula is C13H17NO2. The van der Waals surface area contributed by atoms with Crippen molar-refractivity contribution in [3.63, 3.8) is 0 Å². The quantitative estimate of drug-likeness (QED) is 0.727. The van der Waals surface area contributed by atoms with E-state index in [1.807, 2.05) is 25.1 Å². The van der Waals surface area contributed by atoms with E-state index >= 15 is 0 Å². The van der Waals surface area contributed by atoms with Crippen molar-refractivity contribution in [1.29, 1.82) is 0 Å². The van der Waals surface area contributed by atoms with Gasteiger partial charge in [0.2, 0.25) is 5.91 Å². The van der Waals surface area contributed by atoms with Crippen molar-refractivity contribution in [2.45, 2.75) is 19.8 Å². The van der Waals surface area contributed by atoms with Crippen molar-refractivity contribution >= 4 is 11.7 Å². The Kier molecular flexibility index (Phi) is 4.23. The number of ketones is 1. The fraction of sp³-hybridized carbons (Fsp3) is 0.385. The van der Waals surface area contributed by atoms with Gasteiger partial charge in [-0.05, 0) is 13.0 Å². The fourth-order valence-electron chi connectivity index (χ4n) is 1.41. The van der Waals surface area contributed by atoms with Crippen LogP contribution < -0.4 is 0 Å². The predicted octanol–water partition coefficient (Wildman–Crippen LogP) is 2.05. The van der Waals surface area contributed by atoms with Crippen molar-refractivity contribution in [3.8, 4) is 0 Å². The molecule has 0 unspecified atom stereocenters. The Balaban J connectivity index is 2.57. The van der Waals surface area contributed by atoms with E-state index in [4.69, 9.17) is 0 Å². The van der Waals surface area contributed by atoms with Gasteiger partial charge in [-0.15, -0.1) is 0 Å². The van der Waals surface area contributed by atoms with Crippen LogP contribution in [0.15, 0.2) is 24.3 Å². The summed E-state index contributed by atoms with van der Waals surface area (Å²) < 4.78 is 0. The van der Waals surface area contributed by atoms with Crippen LogP contribution in [0.1, 0.15) is 28.8 Å². The van der Waals surface area contributed by atoms with E-state index < -0.39 is 0 Å².